The fraction of sp³-hybridized carbons (Fsp3) is 0.250. The summed E-state index contributed by atoms with van der Waals surface area (Å²) in [5.74, 6) is 1.84. The fourth-order valence-electron chi connectivity index (χ4n) is 5.32. The van der Waals surface area contributed by atoms with Gasteiger partial charge in [-0.1, -0.05) is 66.7 Å². The van der Waals surface area contributed by atoms with Crippen molar-refractivity contribution >= 4 is 16.8 Å². The Labute approximate surface area is 253 Å². The molecule has 4 aromatic carbocycles. The Morgan fingerprint density at radius 1 is 0.814 bits per heavy atom. The van der Waals surface area contributed by atoms with Crippen molar-refractivity contribution in [3.05, 3.63) is 126 Å². The standard InChI is InChI=1S/C36H38N2O5/c1-40-20-19-37-36(39)22-31(28-15-18-34(35(21-28)42-3)43-25-27-9-5-4-6-10-27)32-24-38(33-12-8-7-11-30(32)33)23-26-13-16-29(41-2)17-14-26/h4-18,21,24,31H,19-20,22-23,25H2,1-3H3,(H,37,39)/t31-/m1/s1. The van der Waals surface area contributed by atoms with E-state index in [1.807, 2.05) is 72.8 Å². The van der Waals surface area contributed by atoms with Crippen LogP contribution in [0.15, 0.2) is 103 Å². The number of carbonyl (C=O) groups is 1. The van der Waals surface area contributed by atoms with Gasteiger partial charge in [0.15, 0.2) is 11.5 Å². The second kappa shape index (κ2) is 14.4. The van der Waals surface area contributed by atoms with E-state index >= 15 is 0 Å². The molecule has 0 unspecified atom stereocenters. The molecule has 0 radical (unpaired) electrons. The molecular weight excluding hydrogens is 540 g/mol. The number of fused-ring (bicyclic) bond motifs is 1. The third-order valence-electron chi connectivity index (χ3n) is 7.55. The van der Waals surface area contributed by atoms with E-state index in [0.29, 0.717) is 37.8 Å². The highest BCUT2D eigenvalue weighted by Gasteiger charge is 2.24. The van der Waals surface area contributed by atoms with E-state index in [-0.39, 0.29) is 18.2 Å². The number of nitrogens with zero attached hydrogens (tertiary/aromatic N) is 1. The summed E-state index contributed by atoms with van der Waals surface area (Å²) in [5.41, 5.74) is 5.38. The first-order valence-electron chi connectivity index (χ1n) is 14.4. The largest absolute Gasteiger partial charge is 0.497 e. The van der Waals surface area contributed by atoms with Crippen LogP contribution < -0.4 is 19.5 Å². The van der Waals surface area contributed by atoms with Gasteiger partial charge in [0.2, 0.25) is 5.91 Å². The Bertz CT molecular complexity index is 1630. The highest BCUT2D eigenvalue weighted by Crippen LogP contribution is 2.39. The zero-order chi connectivity index (χ0) is 30.0. The van der Waals surface area contributed by atoms with Crippen LogP contribution in [0.1, 0.15) is 34.6 Å². The summed E-state index contributed by atoms with van der Waals surface area (Å²) in [5, 5.41) is 4.10. The molecule has 0 bridgehead atoms. The quantitative estimate of drug-likeness (QED) is 0.151. The number of carbonyl (C=O) groups excluding carboxylic acids is 1. The summed E-state index contributed by atoms with van der Waals surface area (Å²) in [6.07, 6.45) is 2.45. The minimum atomic E-state index is -0.221. The summed E-state index contributed by atoms with van der Waals surface area (Å²) in [4.78, 5) is 13.2. The minimum absolute atomic E-state index is 0.0441. The van der Waals surface area contributed by atoms with Gasteiger partial charge in [-0.15, -0.1) is 0 Å². The summed E-state index contributed by atoms with van der Waals surface area (Å²) >= 11 is 0. The van der Waals surface area contributed by atoms with Crippen LogP contribution in [0.5, 0.6) is 17.2 Å². The lowest BCUT2D eigenvalue weighted by Crippen LogP contribution is -2.28. The van der Waals surface area contributed by atoms with Crippen LogP contribution in [0, 0.1) is 0 Å². The first-order chi connectivity index (χ1) is 21.1. The Morgan fingerprint density at radius 3 is 2.33 bits per heavy atom. The van der Waals surface area contributed by atoms with E-state index in [4.69, 9.17) is 18.9 Å². The lowest BCUT2D eigenvalue weighted by atomic mass is 9.87. The highest BCUT2D eigenvalue weighted by atomic mass is 16.5. The molecule has 0 spiro atoms. The van der Waals surface area contributed by atoms with Crippen molar-refractivity contribution in [1.82, 2.24) is 9.88 Å². The van der Waals surface area contributed by atoms with E-state index in [1.165, 1.54) is 0 Å². The fourth-order valence-corrected chi connectivity index (χ4v) is 5.32. The summed E-state index contributed by atoms with van der Waals surface area (Å²) in [6, 6.07) is 32.4. The SMILES string of the molecule is COCCNC(=O)C[C@H](c1ccc(OCc2ccccc2)c(OC)c1)c1cn(Cc2ccc(OC)cc2)c2ccccc12. The molecule has 1 heterocycles. The number of para-hydroxylation sites is 1. The Kier molecular flexibility index (Phi) is 9.97. The van der Waals surface area contributed by atoms with Crippen LogP contribution in [-0.2, 0) is 22.7 Å². The van der Waals surface area contributed by atoms with Crippen molar-refractivity contribution in [2.24, 2.45) is 0 Å². The van der Waals surface area contributed by atoms with E-state index in [9.17, 15) is 4.79 Å². The predicted octanol–water partition coefficient (Wildman–Crippen LogP) is 6.57. The van der Waals surface area contributed by atoms with Crippen molar-refractivity contribution in [2.45, 2.75) is 25.5 Å². The van der Waals surface area contributed by atoms with Crippen molar-refractivity contribution in [3.63, 3.8) is 0 Å². The maximum Gasteiger partial charge on any atom is 0.221 e. The Hall–Kier alpha value is -4.75. The topological polar surface area (TPSA) is 71.0 Å². The van der Waals surface area contributed by atoms with Gasteiger partial charge < -0.3 is 28.8 Å². The third kappa shape index (κ3) is 7.37. The third-order valence-corrected chi connectivity index (χ3v) is 7.55. The first-order valence-corrected chi connectivity index (χ1v) is 14.4. The second-order valence-electron chi connectivity index (χ2n) is 10.4. The van der Waals surface area contributed by atoms with E-state index in [1.54, 1.807) is 21.3 Å². The van der Waals surface area contributed by atoms with Crippen LogP contribution in [0.2, 0.25) is 0 Å². The number of benzene rings is 4. The van der Waals surface area contributed by atoms with Gasteiger partial charge in [0.05, 0.1) is 20.8 Å². The van der Waals surface area contributed by atoms with Crippen LogP contribution >= 0.6 is 0 Å². The van der Waals surface area contributed by atoms with Crippen LogP contribution in [-0.4, -0.2) is 45.0 Å². The monoisotopic (exact) mass is 578 g/mol. The predicted molar refractivity (Wildman–Crippen MR) is 169 cm³/mol. The minimum Gasteiger partial charge on any atom is -0.497 e. The van der Waals surface area contributed by atoms with E-state index in [2.05, 4.69) is 40.3 Å². The van der Waals surface area contributed by atoms with E-state index < -0.39 is 0 Å². The maximum atomic E-state index is 13.2. The number of methoxy groups -OCH3 is 3. The maximum absolute atomic E-state index is 13.2. The number of rotatable bonds is 14. The van der Waals surface area contributed by atoms with Crippen LogP contribution in [0.3, 0.4) is 0 Å². The molecule has 7 nitrogen and oxygen atoms in total. The number of hydrogen-bond donors (Lipinski definition) is 1. The number of ether oxygens (including phenoxy) is 4. The first kappa shape index (κ1) is 29.7. The molecular formula is C36H38N2O5. The zero-order valence-electron chi connectivity index (χ0n) is 24.9. The zero-order valence-corrected chi connectivity index (χ0v) is 24.9. The average Bonchev–Trinajstić information content (AvgIpc) is 3.41. The van der Waals surface area contributed by atoms with Gasteiger partial charge in [-0.2, -0.15) is 0 Å². The molecule has 0 aliphatic rings. The summed E-state index contributed by atoms with van der Waals surface area (Å²) in [6.45, 7) is 2.03. The second-order valence-corrected chi connectivity index (χ2v) is 10.4. The molecule has 5 aromatic rings. The van der Waals surface area contributed by atoms with Crippen molar-refractivity contribution in [1.29, 1.82) is 0 Å². The number of amides is 1. The van der Waals surface area contributed by atoms with Gasteiger partial charge in [-0.05, 0) is 52.6 Å². The number of aromatic nitrogens is 1. The molecule has 222 valence electrons. The molecule has 1 atom stereocenters. The van der Waals surface area contributed by atoms with Gasteiger partial charge in [-0.3, -0.25) is 4.79 Å². The van der Waals surface area contributed by atoms with Crippen molar-refractivity contribution in [3.8, 4) is 17.2 Å². The molecule has 43 heavy (non-hydrogen) atoms. The van der Waals surface area contributed by atoms with Crippen LogP contribution in [0.4, 0.5) is 0 Å². The summed E-state index contributed by atoms with van der Waals surface area (Å²) < 4.78 is 24.6. The molecule has 0 aliphatic heterocycles. The Morgan fingerprint density at radius 2 is 1.58 bits per heavy atom. The Balaban J connectivity index is 1.50. The summed E-state index contributed by atoms with van der Waals surface area (Å²) in [7, 11) is 4.94. The number of nitrogens with one attached hydrogen (secondary N) is 1. The van der Waals surface area contributed by atoms with E-state index in [0.717, 1.165) is 38.9 Å². The van der Waals surface area contributed by atoms with Crippen molar-refractivity contribution < 1.29 is 23.7 Å². The molecule has 1 N–H and O–H groups in total. The lowest BCUT2D eigenvalue weighted by molar-refractivity contribution is -0.121. The highest BCUT2D eigenvalue weighted by molar-refractivity contribution is 5.87. The molecule has 0 saturated heterocycles. The molecule has 5 rings (SSSR count). The average molecular weight is 579 g/mol. The number of hydrogen-bond acceptors (Lipinski definition) is 5. The van der Waals surface area contributed by atoms with Gasteiger partial charge in [0.25, 0.3) is 0 Å². The normalized spacial score (nSPS) is 11.7. The molecule has 0 fully saturated rings. The molecule has 7 heteroatoms. The van der Waals surface area contributed by atoms with Gasteiger partial charge in [0, 0.05) is 49.6 Å². The molecule has 0 saturated carbocycles. The molecule has 1 amide bonds. The van der Waals surface area contributed by atoms with Crippen molar-refractivity contribution in [2.75, 3.05) is 34.5 Å². The molecule has 0 aliphatic carbocycles. The lowest BCUT2D eigenvalue weighted by Gasteiger charge is -2.19. The molecule has 1 aromatic heterocycles. The van der Waals surface area contributed by atoms with Gasteiger partial charge >= 0.3 is 0 Å². The van der Waals surface area contributed by atoms with Gasteiger partial charge in [0.1, 0.15) is 12.4 Å². The van der Waals surface area contributed by atoms with Crippen LogP contribution in [0.25, 0.3) is 10.9 Å². The van der Waals surface area contributed by atoms with Gasteiger partial charge in [-0.25, -0.2) is 0 Å². The smallest absolute Gasteiger partial charge is 0.221 e.